The van der Waals surface area contributed by atoms with Crippen LogP contribution in [0.5, 0.6) is 5.75 Å². The summed E-state index contributed by atoms with van der Waals surface area (Å²) in [4.78, 5) is 13.7. The summed E-state index contributed by atoms with van der Waals surface area (Å²) in [5, 5.41) is 12.5. The first-order chi connectivity index (χ1) is 8.70. The van der Waals surface area contributed by atoms with Crippen molar-refractivity contribution in [2.24, 2.45) is 0 Å². The van der Waals surface area contributed by atoms with Crippen molar-refractivity contribution in [1.82, 2.24) is 10.2 Å². The highest BCUT2D eigenvalue weighted by Crippen LogP contribution is 2.15. The number of piperidine rings is 1. The van der Waals surface area contributed by atoms with E-state index in [9.17, 15) is 4.79 Å². The van der Waals surface area contributed by atoms with E-state index in [1.54, 1.807) is 0 Å². The van der Waals surface area contributed by atoms with Crippen LogP contribution in [0.15, 0.2) is 21.5 Å². The van der Waals surface area contributed by atoms with Crippen molar-refractivity contribution in [3.63, 3.8) is 0 Å². The number of nitrogens with one attached hydrogen (secondary N) is 1. The Morgan fingerprint density at radius 3 is 2.83 bits per heavy atom. The lowest BCUT2D eigenvalue weighted by molar-refractivity contribution is 0.150. The van der Waals surface area contributed by atoms with Gasteiger partial charge in [0.05, 0.1) is 6.54 Å². The third-order valence-corrected chi connectivity index (χ3v) is 3.46. The Balaban J connectivity index is 2.04. The van der Waals surface area contributed by atoms with E-state index in [2.05, 4.69) is 17.1 Å². The van der Waals surface area contributed by atoms with Crippen LogP contribution in [-0.4, -0.2) is 35.7 Å². The van der Waals surface area contributed by atoms with Crippen molar-refractivity contribution >= 4 is 0 Å². The van der Waals surface area contributed by atoms with Crippen LogP contribution >= 0.6 is 0 Å². The predicted molar refractivity (Wildman–Crippen MR) is 68.6 cm³/mol. The highest BCUT2D eigenvalue weighted by atomic mass is 16.4. The molecular formula is C13H20N2O3. The van der Waals surface area contributed by atoms with Crippen molar-refractivity contribution in [3.05, 3.63) is 28.3 Å². The first kappa shape index (κ1) is 13.1. The van der Waals surface area contributed by atoms with E-state index >= 15 is 0 Å². The van der Waals surface area contributed by atoms with E-state index < -0.39 is 0 Å². The van der Waals surface area contributed by atoms with Crippen molar-refractivity contribution in [2.75, 3.05) is 19.6 Å². The molecule has 0 aliphatic carbocycles. The topological polar surface area (TPSA) is 65.7 Å². The number of hydrogen-bond acceptors (Lipinski definition) is 5. The van der Waals surface area contributed by atoms with Gasteiger partial charge in [-0.15, -0.1) is 0 Å². The molecule has 0 amide bonds. The molecule has 1 aromatic rings. The Bertz CT molecular complexity index is 438. The SMILES string of the molecule is CCN(Cc1cc(=O)c(O)co1)C1CCNCC1. The summed E-state index contributed by atoms with van der Waals surface area (Å²) < 4.78 is 5.25. The molecule has 18 heavy (non-hydrogen) atoms. The summed E-state index contributed by atoms with van der Waals surface area (Å²) in [5.41, 5.74) is -0.377. The average molecular weight is 252 g/mol. The summed E-state index contributed by atoms with van der Waals surface area (Å²) in [7, 11) is 0. The summed E-state index contributed by atoms with van der Waals surface area (Å²) in [6.45, 7) is 5.74. The van der Waals surface area contributed by atoms with Crippen LogP contribution in [0, 0.1) is 0 Å². The zero-order chi connectivity index (χ0) is 13.0. The third kappa shape index (κ3) is 3.11. The van der Waals surface area contributed by atoms with E-state index in [0.717, 1.165) is 38.7 Å². The van der Waals surface area contributed by atoms with Gasteiger partial charge in [0, 0.05) is 12.1 Å². The van der Waals surface area contributed by atoms with Gasteiger partial charge in [-0.25, -0.2) is 0 Å². The van der Waals surface area contributed by atoms with Gasteiger partial charge in [0.15, 0.2) is 5.75 Å². The Morgan fingerprint density at radius 1 is 1.50 bits per heavy atom. The molecule has 2 rings (SSSR count). The Labute approximate surface area is 106 Å². The van der Waals surface area contributed by atoms with Crippen molar-refractivity contribution in [2.45, 2.75) is 32.4 Å². The van der Waals surface area contributed by atoms with Crippen molar-refractivity contribution in [1.29, 1.82) is 0 Å². The zero-order valence-corrected chi connectivity index (χ0v) is 10.7. The van der Waals surface area contributed by atoms with Crippen LogP contribution < -0.4 is 10.7 Å². The molecule has 0 bridgehead atoms. The highest BCUT2D eigenvalue weighted by molar-refractivity contribution is 5.15. The molecule has 0 spiro atoms. The second-order valence-electron chi connectivity index (χ2n) is 4.64. The molecule has 1 saturated heterocycles. The minimum atomic E-state index is -0.377. The molecule has 0 atom stereocenters. The van der Waals surface area contributed by atoms with Gasteiger partial charge >= 0.3 is 0 Å². The molecule has 1 fully saturated rings. The number of rotatable bonds is 4. The van der Waals surface area contributed by atoms with Gasteiger partial charge in [-0.3, -0.25) is 9.69 Å². The minimum Gasteiger partial charge on any atom is -0.502 e. The van der Waals surface area contributed by atoms with Crippen molar-refractivity contribution in [3.8, 4) is 5.75 Å². The molecule has 0 radical (unpaired) electrons. The van der Waals surface area contributed by atoms with E-state index in [4.69, 9.17) is 9.52 Å². The lowest BCUT2D eigenvalue weighted by Gasteiger charge is -2.33. The van der Waals surface area contributed by atoms with Crippen LogP contribution in [0.4, 0.5) is 0 Å². The van der Waals surface area contributed by atoms with Gasteiger partial charge in [-0.1, -0.05) is 6.92 Å². The molecule has 100 valence electrons. The van der Waals surface area contributed by atoms with Crippen molar-refractivity contribution < 1.29 is 9.52 Å². The third-order valence-electron chi connectivity index (χ3n) is 3.46. The van der Waals surface area contributed by atoms with Gasteiger partial charge in [0.2, 0.25) is 5.43 Å². The summed E-state index contributed by atoms with van der Waals surface area (Å²) >= 11 is 0. The molecule has 1 aromatic heterocycles. The first-order valence-electron chi connectivity index (χ1n) is 6.46. The molecule has 0 saturated carbocycles. The first-order valence-corrected chi connectivity index (χ1v) is 6.46. The fourth-order valence-corrected chi connectivity index (χ4v) is 2.40. The molecule has 5 nitrogen and oxygen atoms in total. The largest absolute Gasteiger partial charge is 0.502 e. The number of nitrogens with zero attached hydrogens (tertiary/aromatic N) is 1. The molecule has 1 aliphatic rings. The van der Waals surface area contributed by atoms with Gasteiger partial charge in [0.25, 0.3) is 0 Å². The molecular weight excluding hydrogens is 232 g/mol. The zero-order valence-electron chi connectivity index (χ0n) is 10.7. The van der Waals surface area contributed by atoms with Gasteiger partial charge in [-0.05, 0) is 32.5 Å². The smallest absolute Gasteiger partial charge is 0.226 e. The average Bonchev–Trinajstić information content (AvgIpc) is 2.41. The summed E-state index contributed by atoms with van der Waals surface area (Å²) in [6, 6.07) is 1.91. The highest BCUT2D eigenvalue weighted by Gasteiger charge is 2.20. The normalized spacial score (nSPS) is 17.2. The van der Waals surface area contributed by atoms with E-state index in [1.807, 2.05) is 0 Å². The summed E-state index contributed by atoms with van der Waals surface area (Å²) in [5.74, 6) is 0.279. The summed E-state index contributed by atoms with van der Waals surface area (Å²) in [6.07, 6.45) is 3.36. The van der Waals surface area contributed by atoms with E-state index in [1.165, 1.54) is 6.07 Å². The van der Waals surface area contributed by atoms with Gasteiger partial charge in [-0.2, -0.15) is 0 Å². The lowest BCUT2D eigenvalue weighted by Crippen LogP contribution is -2.42. The van der Waals surface area contributed by atoms with Crippen LogP contribution in [0.25, 0.3) is 0 Å². The maximum atomic E-state index is 11.3. The molecule has 1 aliphatic heterocycles. The quantitative estimate of drug-likeness (QED) is 0.834. The Kier molecular flexibility index (Phi) is 4.38. The molecule has 0 aromatic carbocycles. The Morgan fingerprint density at radius 2 is 2.22 bits per heavy atom. The second kappa shape index (κ2) is 6.02. The predicted octanol–water partition coefficient (Wildman–Crippen LogP) is 0.919. The van der Waals surface area contributed by atoms with Crippen LogP contribution in [0.1, 0.15) is 25.5 Å². The monoisotopic (exact) mass is 252 g/mol. The van der Waals surface area contributed by atoms with E-state index in [-0.39, 0.29) is 11.2 Å². The molecule has 5 heteroatoms. The van der Waals surface area contributed by atoms with Crippen LogP contribution in [0.2, 0.25) is 0 Å². The molecule has 2 N–H and O–H groups in total. The molecule has 2 heterocycles. The number of aromatic hydroxyl groups is 1. The number of hydrogen-bond donors (Lipinski definition) is 2. The lowest BCUT2D eigenvalue weighted by atomic mass is 10.0. The fraction of sp³-hybridized carbons (Fsp3) is 0.615. The Hall–Kier alpha value is -1.33. The van der Waals surface area contributed by atoms with Crippen LogP contribution in [0.3, 0.4) is 0 Å². The molecule has 0 unspecified atom stereocenters. The van der Waals surface area contributed by atoms with Gasteiger partial charge in [0.1, 0.15) is 12.0 Å². The van der Waals surface area contributed by atoms with Crippen LogP contribution in [-0.2, 0) is 6.54 Å². The second-order valence-corrected chi connectivity index (χ2v) is 4.64. The minimum absolute atomic E-state index is 0.330. The van der Waals surface area contributed by atoms with E-state index in [0.29, 0.717) is 18.3 Å². The maximum absolute atomic E-state index is 11.3. The van der Waals surface area contributed by atoms with Gasteiger partial charge < -0.3 is 14.8 Å². The fourth-order valence-electron chi connectivity index (χ4n) is 2.40. The standard InChI is InChI=1S/C13H20N2O3/c1-2-15(10-3-5-14-6-4-10)8-11-7-12(16)13(17)9-18-11/h7,9-10,14,17H,2-6,8H2,1H3. The maximum Gasteiger partial charge on any atom is 0.226 e.